The monoisotopic (exact) mass is 233 g/mol. The number of nitriles is 1. The Balaban J connectivity index is 2.19. The lowest BCUT2D eigenvalue weighted by molar-refractivity contribution is 0.00360. The van der Waals surface area contributed by atoms with E-state index in [2.05, 4.69) is 11.0 Å². The Morgan fingerprint density at radius 2 is 2.41 bits per heavy atom. The van der Waals surface area contributed by atoms with E-state index in [0.717, 1.165) is 12.2 Å². The van der Waals surface area contributed by atoms with Gasteiger partial charge in [0.1, 0.15) is 0 Å². The predicted molar refractivity (Wildman–Crippen MR) is 64.6 cm³/mol. The van der Waals surface area contributed by atoms with Crippen molar-refractivity contribution in [2.75, 3.05) is 36.9 Å². The van der Waals surface area contributed by atoms with Crippen LogP contribution in [0.25, 0.3) is 0 Å². The van der Waals surface area contributed by atoms with Crippen LogP contribution in [0.2, 0.25) is 0 Å². The van der Waals surface area contributed by atoms with Crippen molar-refractivity contribution in [1.82, 2.24) is 0 Å². The Labute approximate surface area is 100 Å². The summed E-state index contributed by atoms with van der Waals surface area (Å²) >= 11 is 0. The molecule has 17 heavy (non-hydrogen) atoms. The summed E-state index contributed by atoms with van der Waals surface area (Å²) in [5, 5.41) is 17.9. The Kier molecular flexibility index (Phi) is 3.47. The molecule has 1 aromatic rings. The number of nitrogen functional groups attached to an aromatic ring is 1. The van der Waals surface area contributed by atoms with Crippen LogP contribution in [-0.4, -0.2) is 37.5 Å². The lowest BCUT2D eigenvalue weighted by Crippen LogP contribution is -2.44. The SMILES string of the molecule is N#Cc1ccc(N2CCOC(CO)C2)c(N)c1. The molecule has 0 spiro atoms. The van der Waals surface area contributed by atoms with Crippen LogP contribution in [0.3, 0.4) is 0 Å². The van der Waals surface area contributed by atoms with Crippen LogP contribution in [0.5, 0.6) is 0 Å². The molecule has 1 aliphatic heterocycles. The van der Waals surface area contributed by atoms with E-state index in [9.17, 15) is 0 Å². The van der Waals surface area contributed by atoms with Crippen molar-refractivity contribution in [2.45, 2.75) is 6.10 Å². The van der Waals surface area contributed by atoms with Gasteiger partial charge < -0.3 is 20.5 Å². The summed E-state index contributed by atoms with van der Waals surface area (Å²) in [6, 6.07) is 7.31. The maximum atomic E-state index is 9.08. The molecule has 3 N–H and O–H groups in total. The van der Waals surface area contributed by atoms with Crippen molar-refractivity contribution < 1.29 is 9.84 Å². The molecule has 90 valence electrons. The lowest BCUT2D eigenvalue weighted by atomic mass is 10.1. The van der Waals surface area contributed by atoms with Gasteiger partial charge >= 0.3 is 0 Å². The summed E-state index contributed by atoms with van der Waals surface area (Å²) in [4.78, 5) is 2.07. The first-order chi connectivity index (χ1) is 8.24. The van der Waals surface area contributed by atoms with E-state index in [1.807, 2.05) is 6.07 Å². The van der Waals surface area contributed by atoms with Crippen molar-refractivity contribution in [3.63, 3.8) is 0 Å². The first-order valence-corrected chi connectivity index (χ1v) is 5.51. The Morgan fingerprint density at radius 1 is 1.59 bits per heavy atom. The van der Waals surface area contributed by atoms with Gasteiger partial charge in [0, 0.05) is 13.1 Å². The highest BCUT2D eigenvalue weighted by Crippen LogP contribution is 2.25. The molecule has 1 heterocycles. The number of rotatable bonds is 2. The fourth-order valence-electron chi connectivity index (χ4n) is 1.96. The standard InChI is InChI=1S/C12H15N3O2/c13-6-9-1-2-12(11(14)5-9)15-3-4-17-10(7-15)8-16/h1-2,5,10,16H,3-4,7-8,14H2. The predicted octanol–water partition coefficient (Wildman–Crippen LogP) is 0.338. The van der Waals surface area contributed by atoms with Gasteiger partial charge in [-0.25, -0.2) is 0 Å². The van der Waals surface area contributed by atoms with Gasteiger partial charge in [-0.1, -0.05) is 0 Å². The van der Waals surface area contributed by atoms with E-state index in [-0.39, 0.29) is 12.7 Å². The summed E-state index contributed by atoms with van der Waals surface area (Å²) in [7, 11) is 0. The maximum Gasteiger partial charge on any atom is 0.0992 e. The van der Waals surface area contributed by atoms with Crippen LogP contribution in [0.4, 0.5) is 11.4 Å². The first-order valence-electron chi connectivity index (χ1n) is 5.51. The zero-order chi connectivity index (χ0) is 12.3. The molecule has 0 bridgehead atoms. The highest BCUT2D eigenvalue weighted by molar-refractivity contribution is 5.69. The number of hydrogen-bond donors (Lipinski definition) is 2. The highest BCUT2D eigenvalue weighted by atomic mass is 16.5. The molecule has 0 radical (unpaired) electrons. The largest absolute Gasteiger partial charge is 0.397 e. The summed E-state index contributed by atoms with van der Waals surface area (Å²) in [6.45, 7) is 1.94. The molecule has 0 aromatic heterocycles. The normalized spacial score (nSPS) is 20.0. The van der Waals surface area contributed by atoms with Crippen LogP contribution >= 0.6 is 0 Å². The van der Waals surface area contributed by atoms with E-state index in [1.165, 1.54) is 0 Å². The zero-order valence-corrected chi connectivity index (χ0v) is 9.47. The number of aliphatic hydroxyl groups excluding tert-OH is 1. The molecule has 1 atom stereocenters. The quantitative estimate of drug-likeness (QED) is 0.720. The van der Waals surface area contributed by atoms with Crippen molar-refractivity contribution >= 4 is 11.4 Å². The molecular formula is C12H15N3O2. The fourth-order valence-corrected chi connectivity index (χ4v) is 1.96. The van der Waals surface area contributed by atoms with E-state index in [4.69, 9.17) is 20.8 Å². The zero-order valence-electron chi connectivity index (χ0n) is 9.47. The van der Waals surface area contributed by atoms with Crippen LogP contribution in [-0.2, 0) is 4.74 Å². The fraction of sp³-hybridized carbons (Fsp3) is 0.417. The van der Waals surface area contributed by atoms with Crippen molar-refractivity contribution in [2.24, 2.45) is 0 Å². The summed E-state index contributed by atoms with van der Waals surface area (Å²) in [6.07, 6.45) is -0.168. The third-order valence-electron chi connectivity index (χ3n) is 2.84. The minimum absolute atomic E-state index is 0.00663. The minimum Gasteiger partial charge on any atom is -0.397 e. The number of ether oxygens (including phenoxy) is 1. The van der Waals surface area contributed by atoms with E-state index < -0.39 is 0 Å². The van der Waals surface area contributed by atoms with E-state index in [0.29, 0.717) is 24.4 Å². The van der Waals surface area contributed by atoms with Gasteiger partial charge in [-0.05, 0) is 18.2 Å². The Bertz CT molecular complexity index is 442. The second-order valence-electron chi connectivity index (χ2n) is 4.01. The van der Waals surface area contributed by atoms with Gasteiger partial charge in [0.05, 0.1) is 42.3 Å². The summed E-state index contributed by atoms with van der Waals surface area (Å²) in [5.41, 5.74) is 7.95. The average Bonchev–Trinajstić information content (AvgIpc) is 2.38. The van der Waals surface area contributed by atoms with Gasteiger partial charge in [-0.3, -0.25) is 0 Å². The van der Waals surface area contributed by atoms with Gasteiger partial charge in [0.25, 0.3) is 0 Å². The van der Waals surface area contributed by atoms with Gasteiger partial charge in [-0.2, -0.15) is 5.26 Å². The van der Waals surface area contributed by atoms with Crippen molar-refractivity contribution in [3.05, 3.63) is 23.8 Å². The molecule has 0 saturated carbocycles. The number of morpholine rings is 1. The third-order valence-corrected chi connectivity index (χ3v) is 2.84. The topological polar surface area (TPSA) is 82.5 Å². The summed E-state index contributed by atoms with van der Waals surface area (Å²) < 4.78 is 5.38. The molecule has 1 aliphatic rings. The molecule has 1 fully saturated rings. The number of aliphatic hydroxyl groups is 1. The molecule has 1 unspecified atom stereocenters. The number of nitrogens with two attached hydrogens (primary N) is 1. The molecular weight excluding hydrogens is 218 g/mol. The molecule has 5 heteroatoms. The highest BCUT2D eigenvalue weighted by Gasteiger charge is 2.21. The van der Waals surface area contributed by atoms with Crippen molar-refractivity contribution in [3.8, 4) is 6.07 Å². The van der Waals surface area contributed by atoms with Crippen LogP contribution in [0.1, 0.15) is 5.56 Å². The van der Waals surface area contributed by atoms with Gasteiger partial charge in [0.2, 0.25) is 0 Å². The van der Waals surface area contributed by atoms with Crippen LogP contribution in [0, 0.1) is 11.3 Å². The molecule has 2 rings (SSSR count). The number of benzene rings is 1. The second-order valence-corrected chi connectivity index (χ2v) is 4.01. The number of hydrogen-bond acceptors (Lipinski definition) is 5. The van der Waals surface area contributed by atoms with Crippen LogP contribution in [0.15, 0.2) is 18.2 Å². The first kappa shape index (κ1) is 11.7. The minimum atomic E-state index is -0.168. The van der Waals surface area contributed by atoms with Gasteiger partial charge in [-0.15, -0.1) is 0 Å². The maximum absolute atomic E-state index is 9.08. The van der Waals surface area contributed by atoms with Gasteiger partial charge in [0.15, 0.2) is 0 Å². The molecule has 1 saturated heterocycles. The third kappa shape index (κ3) is 2.49. The average molecular weight is 233 g/mol. The Hall–Kier alpha value is -1.77. The smallest absolute Gasteiger partial charge is 0.0992 e. The lowest BCUT2D eigenvalue weighted by Gasteiger charge is -2.34. The molecule has 5 nitrogen and oxygen atoms in total. The number of anilines is 2. The van der Waals surface area contributed by atoms with E-state index >= 15 is 0 Å². The van der Waals surface area contributed by atoms with E-state index in [1.54, 1.807) is 12.1 Å². The molecule has 0 aliphatic carbocycles. The van der Waals surface area contributed by atoms with Crippen molar-refractivity contribution in [1.29, 1.82) is 5.26 Å². The second kappa shape index (κ2) is 5.04. The van der Waals surface area contributed by atoms with Crippen LogP contribution < -0.4 is 10.6 Å². The Morgan fingerprint density at radius 3 is 3.06 bits per heavy atom. The number of nitrogens with zero attached hydrogens (tertiary/aromatic N) is 2. The summed E-state index contributed by atoms with van der Waals surface area (Å²) in [5.74, 6) is 0. The molecule has 0 amide bonds. The molecule has 1 aromatic carbocycles.